The summed E-state index contributed by atoms with van der Waals surface area (Å²) in [5.41, 5.74) is 2.76. The van der Waals surface area contributed by atoms with Crippen LogP contribution in [0.4, 0.5) is 0 Å². The number of hydrogen-bond donors (Lipinski definition) is 2. The molecule has 0 aliphatic heterocycles. The SMILES string of the molecule is O=C(O)c1cccc(C2CCCCC2)c1.O=C(O)c1ccccc1-c1cccs1. The number of aromatic carboxylic acids is 2. The van der Waals surface area contributed by atoms with Crippen LogP contribution >= 0.6 is 11.3 Å². The van der Waals surface area contributed by atoms with Crippen molar-refractivity contribution < 1.29 is 19.8 Å². The van der Waals surface area contributed by atoms with Gasteiger partial charge in [-0.15, -0.1) is 11.3 Å². The zero-order valence-corrected chi connectivity index (χ0v) is 16.9. The normalized spacial score (nSPS) is 13.9. The predicted octanol–water partition coefficient (Wildman–Crippen LogP) is 6.55. The molecule has 0 saturated heterocycles. The number of carbonyl (C=O) groups is 2. The minimum atomic E-state index is -0.881. The summed E-state index contributed by atoms with van der Waals surface area (Å²) in [5.74, 6) is -1.13. The van der Waals surface area contributed by atoms with Crippen molar-refractivity contribution in [3.05, 3.63) is 82.7 Å². The van der Waals surface area contributed by atoms with Crippen molar-refractivity contribution in [2.24, 2.45) is 0 Å². The van der Waals surface area contributed by atoms with Crippen molar-refractivity contribution >= 4 is 23.3 Å². The van der Waals surface area contributed by atoms with Crippen molar-refractivity contribution in [2.45, 2.75) is 38.0 Å². The van der Waals surface area contributed by atoms with Crippen molar-refractivity contribution in [1.82, 2.24) is 0 Å². The minimum Gasteiger partial charge on any atom is -0.478 e. The molecule has 4 rings (SSSR count). The van der Waals surface area contributed by atoms with E-state index in [1.807, 2.05) is 41.8 Å². The Morgan fingerprint density at radius 3 is 2.24 bits per heavy atom. The molecule has 1 fully saturated rings. The summed E-state index contributed by atoms with van der Waals surface area (Å²) >= 11 is 1.54. The van der Waals surface area contributed by atoms with Gasteiger partial charge in [-0.2, -0.15) is 0 Å². The highest BCUT2D eigenvalue weighted by Crippen LogP contribution is 2.32. The van der Waals surface area contributed by atoms with Gasteiger partial charge in [0.15, 0.2) is 0 Å². The lowest BCUT2D eigenvalue weighted by molar-refractivity contribution is 0.0686. The van der Waals surface area contributed by atoms with Crippen molar-refractivity contribution in [1.29, 1.82) is 0 Å². The van der Waals surface area contributed by atoms with Gasteiger partial charge >= 0.3 is 11.9 Å². The van der Waals surface area contributed by atoms with Crippen LogP contribution in [-0.2, 0) is 0 Å². The van der Waals surface area contributed by atoms with Gasteiger partial charge in [-0.1, -0.05) is 55.7 Å². The van der Waals surface area contributed by atoms with Gasteiger partial charge in [0, 0.05) is 10.4 Å². The van der Waals surface area contributed by atoms with E-state index in [2.05, 4.69) is 6.07 Å². The lowest BCUT2D eigenvalue weighted by Gasteiger charge is -2.22. The van der Waals surface area contributed by atoms with Gasteiger partial charge < -0.3 is 10.2 Å². The standard InChI is InChI=1S/C13H16O2.C11H8O2S/c14-13(15)12-8-4-7-11(9-12)10-5-2-1-3-6-10;12-11(13)9-5-2-1-4-8(9)10-6-3-7-14-10/h4,7-10H,1-3,5-6H2,(H,14,15);1-7H,(H,12,13). The maximum Gasteiger partial charge on any atom is 0.336 e. The number of benzene rings is 2. The van der Waals surface area contributed by atoms with E-state index in [1.54, 1.807) is 29.5 Å². The average Bonchev–Trinajstić information content (AvgIpc) is 3.30. The summed E-state index contributed by atoms with van der Waals surface area (Å²) in [6.07, 6.45) is 6.31. The molecule has 1 heterocycles. The largest absolute Gasteiger partial charge is 0.478 e. The third kappa shape index (κ3) is 5.55. The van der Waals surface area contributed by atoms with Crippen LogP contribution in [0, 0.1) is 0 Å². The van der Waals surface area contributed by atoms with Crippen LogP contribution in [0.3, 0.4) is 0 Å². The van der Waals surface area contributed by atoms with Crippen LogP contribution in [-0.4, -0.2) is 22.2 Å². The molecule has 0 unspecified atom stereocenters. The lowest BCUT2D eigenvalue weighted by atomic mass is 9.84. The molecule has 150 valence electrons. The Balaban J connectivity index is 0.000000166. The van der Waals surface area contributed by atoms with Crippen LogP contribution in [0.25, 0.3) is 10.4 Å². The summed E-state index contributed by atoms with van der Waals surface area (Å²) < 4.78 is 0. The molecule has 1 aromatic heterocycles. The molecule has 4 nitrogen and oxygen atoms in total. The van der Waals surface area contributed by atoms with E-state index >= 15 is 0 Å². The Morgan fingerprint density at radius 1 is 0.828 bits per heavy atom. The van der Waals surface area contributed by atoms with Gasteiger partial charge in [0.05, 0.1) is 11.1 Å². The maximum atomic E-state index is 10.9. The smallest absolute Gasteiger partial charge is 0.336 e. The second kappa shape index (κ2) is 10.0. The molecular formula is C24H24O4S. The first-order chi connectivity index (χ1) is 14.1. The molecule has 0 bridgehead atoms. The molecule has 0 spiro atoms. The fourth-order valence-electron chi connectivity index (χ4n) is 3.68. The Morgan fingerprint density at radius 2 is 1.59 bits per heavy atom. The van der Waals surface area contributed by atoms with Gasteiger partial charge in [0.1, 0.15) is 0 Å². The Hall–Kier alpha value is -2.92. The van der Waals surface area contributed by atoms with Gasteiger partial charge in [0.25, 0.3) is 0 Å². The van der Waals surface area contributed by atoms with Gasteiger partial charge in [-0.05, 0) is 54.0 Å². The summed E-state index contributed by atoms with van der Waals surface area (Å²) in [7, 11) is 0. The molecule has 0 radical (unpaired) electrons. The van der Waals surface area contributed by atoms with Crippen molar-refractivity contribution in [3.63, 3.8) is 0 Å². The highest BCUT2D eigenvalue weighted by molar-refractivity contribution is 7.13. The summed E-state index contributed by atoms with van der Waals surface area (Å²) in [5, 5.41) is 19.8. The fourth-order valence-corrected chi connectivity index (χ4v) is 4.44. The topological polar surface area (TPSA) is 74.6 Å². The monoisotopic (exact) mass is 408 g/mol. The number of thiophene rings is 1. The van der Waals surface area contributed by atoms with Gasteiger partial charge in [-0.3, -0.25) is 0 Å². The number of carboxylic acid groups (broad SMARTS) is 2. The molecule has 0 amide bonds. The minimum absolute atomic E-state index is 0.356. The molecule has 5 heteroatoms. The highest BCUT2D eigenvalue weighted by Gasteiger charge is 2.16. The van der Waals surface area contributed by atoms with Crippen molar-refractivity contribution in [2.75, 3.05) is 0 Å². The fraction of sp³-hybridized carbons (Fsp3) is 0.250. The molecule has 1 aliphatic carbocycles. The first-order valence-corrected chi connectivity index (χ1v) is 10.6. The third-order valence-corrected chi connectivity index (χ3v) is 6.06. The summed E-state index contributed by atoms with van der Waals surface area (Å²) in [4.78, 5) is 22.7. The van der Waals surface area contributed by atoms with E-state index < -0.39 is 11.9 Å². The molecule has 1 aliphatic rings. The first-order valence-electron chi connectivity index (χ1n) is 9.75. The van der Waals surface area contributed by atoms with Crippen LogP contribution in [0.2, 0.25) is 0 Å². The Labute approximate surface area is 174 Å². The quantitative estimate of drug-likeness (QED) is 0.513. The van der Waals surface area contributed by atoms with E-state index in [0.29, 0.717) is 17.0 Å². The molecule has 3 aromatic rings. The first kappa shape index (κ1) is 20.8. The molecule has 0 atom stereocenters. The molecule has 1 saturated carbocycles. The maximum absolute atomic E-state index is 10.9. The Bertz CT molecular complexity index is 957. The van der Waals surface area contributed by atoms with E-state index in [0.717, 1.165) is 10.4 Å². The van der Waals surface area contributed by atoms with Crippen LogP contribution < -0.4 is 0 Å². The third-order valence-electron chi connectivity index (χ3n) is 5.15. The highest BCUT2D eigenvalue weighted by atomic mass is 32.1. The van der Waals surface area contributed by atoms with Gasteiger partial charge in [0.2, 0.25) is 0 Å². The van der Waals surface area contributed by atoms with Crippen molar-refractivity contribution in [3.8, 4) is 10.4 Å². The van der Waals surface area contributed by atoms with Crippen LogP contribution in [0.15, 0.2) is 66.0 Å². The van der Waals surface area contributed by atoms with E-state index in [1.165, 1.54) is 37.7 Å². The number of hydrogen-bond acceptors (Lipinski definition) is 3. The van der Waals surface area contributed by atoms with E-state index in [4.69, 9.17) is 10.2 Å². The zero-order valence-electron chi connectivity index (χ0n) is 16.1. The second-order valence-corrected chi connectivity index (χ2v) is 8.04. The zero-order chi connectivity index (χ0) is 20.6. The lowest BCUT2D eigenvalue weighted by Crippen LogP contribution is -2.06. The number of rotatable bonds is 4. The predicted molar refractivity (Wildman–Crippen MR) is 116 cm³/mol. The van der Waals surface area contributed by atoms with Gasteiger partial charge in [-0.25, -0.2) is 9.59 Å². The van der Waals surface area contributed by atoms with E-state index in [9.17, 15) is 9.59 Å². The molecule has 2 N–H and O–H groups in total. The van der Waals surface area contributed by atoms with Crippen LogP contribution in [0.5, 0.6) is 0 Å². The molecule has 29 heavy (non-hydrogen) atoms. The Kier molecular flexibility index (Phi) is 7.19. The molecular weight excluding hydrogens is 384 g/mol. The van der Waals surface area contributed by atoms with Crippen LogP contribution in [0.1, 0.15) is 64.3 Å². The number of carboxylic acids is 2. The summed E-state index contributed by atoms with van der Waals surface area (Å²) in [6, 6.07) is 18.3. The molecule has 2 aromatic carbocycles. The summed E-state index contributed by atoms with van der Waals surface area (Å²) in [6.45, 7) is 0. The average molecular weight is 409 g/mol. The van der Waals surface area contributed by atoms with E-state index in [-0.39, 0.29) is 0 Å². The second-order valence-electron chi connectivity index (χ2n) is 7.09.